The fourth-order valence-corrected chi connectivity index (χ4v) is 1.44. The smallest absolute Gasteiger partial charge is 0.325 e. The van der Waals surface area contributed by atoms with Crippen molar-refractivity contribution in [3.63, 3.8) is 0 Å². The van der Waals surface area contributed by atoms with Gasteiger partial charge in [0.25, 0.3) is 0 Å². The molecule has 0 atom stereocenters. The van der Waals surface area contributed by atoms with Gasteiger partial charge in [-0.15, -0.1) is 10.2 Å². The van der Waals surface area contributed by atoms with Crippen LogP contribution in [-0.4, -0.2) is 29.8 Å². The number of carbonyl (C=O) groups excluding carboxylic acids is 1. The lowest BCUT2D eigenvalue weighted by Gasteiger charge is -2.04. The summed E-state index contributed by atoms with van der Waals surface area (Å²) >= 11 is 0. The third kappa shape index (κ3) is 3.48. The van der Waals surface area contributed by atoms with Crippen LogP contribution in [0.1, 0.15) is 0 Å². The van der Waals surface area contributed by atoms with Gasteiger partial charge < -0.3 is 10.1 Å². The van der Waals surface area contributed by atoms with Crippen LogP contribution in [0.3, 0.4) is 0 Å². The molecule has 1 N–H and O–H groups in total. The minimum Gasteiger partial charge on any atom is -0.468 e. The van der Waals surface area contributed by atoms with Crippen LogP contribution >= 0.6 is 0 Å². The molecule has 19 heavy (non-hydrogen) atoms. The van der Waals surface area contributed by atoms with E-state index < -0.39 is 0 Å². The Balaban J connectivity index is 2.06. The van der Waals surface area contributed by atoms with Crippen molar-refractivity contribution in [2.45, 2.75) is 0 Å². The molecular weight excluding hydrogens is 249 g/mol. The first-order chi connectivity index (χ1) is 9.19. The fourth-order valence-electron chi connectivity index (χ4n) is 1.44. The molecular formula is C13H12FN3O2. The lowest BCUT2D eigenvalue weighted by atomic mass is 10.1. The van der Waals surface area contributed by atoms with Crippen LogP contribution in [-0.2, 0) is 9.53 Å². The fraction of sp³-hybridized carbons (Fsp3) is 0.154. The van der Waals surface area contributed by atoms with Crippen LogP contribution in [0.4, 0.5) is 10.2 Å². The summed E-state index contributed by atoms with van der Waals surface area (Å²) in [6.45, 7) is 0.0288. The number of hydrogen-bond donors (Lipinski definition) is 1. The van der Waals surface area contributed by atoms with E-state index in [2.05, 4.69) is 20.3 Å². The summed E-state index contributed by atoms with van der Waals surface area (Å²) in [6, 6.07) is 9.40. The van der Waals surface area contributed by atoms with E-state index in [0.717, 1.165) is 5.56 Å². The standard InChI is InChI=1S/C13H12FN3O2/c1-19-13(18)8-15-12-7-6-11(16-17-12)9-2-4-10(14)5-3-9/h2-7H,8H2,1H3,(H,15,17). The lowest BCUT2D eigenvalue weighted by Crippen LogP contribution is -2.15. The van der Waals surface area contributed by atoms with Crippen molar-refractivity contribution in [2.24, 2.45) is 0 Å². The number of aromatic nitrogens is 2. The van der Waals surface area contributed by atoms with E-state index in [4.69, 9.17) is 0 Å². The maximum absolute atomic E-state index is 12.8. The van der Waals surface area contributed by atoms with Crippen molar-refractivity contribution in [1.29, 1.82) is 0 Å². The quantitative estimate of drug-likeness (QED) is 0.851. The molecule has 0 bridgehead atoms. The number of benzene rings is 1. The molecule has 1 heterocycles. The molecule has 0 unspecified atom stereocenters. The van der Waals surface area contributed by atoms with Crippen molar-refractivity contribution >= 4 is 11.8 Å². The summed E-state index contributed by atoms with van der Waals surface area (Å²) < 4.78 is 17.3. The summed E-state index contributed by atoms with van der Waals surface area (Å²) in [6.07, 6.45) is 0. The number of nitrogens with zero attached hydrogens (tertiary/aromatic N) is 2. The van der Waals surface area contributed by atoms with Crippen molar-refractivity contribution in [1.82, 2.24) is 10.2 Å². The summed E-state index contributed by atoms with van der Waals surface area (Å²) in [4.78, 5) is 10.9. The van der Waals surface area contributed by atoms with Crippen molar-refractivity contribution < 1.29 is 13.9 Å². The minimum atomic E-state index is -0.385. The van der Waals surface area contributed by atoms with E-state index in [-0.39, 0.29) is 18.3 Å². The summed E-state index contributed by atoms with van der Waals surface area (Å²) in [7, 11) is 1.31. The van der Waals surface area contributed by atoms with Crippen molar-refractivity contribution in [3.05, 3.63) is 42.2 Å². The predicted octanol–water partition coefficient (Wildman–Crippen LogP) is 1.87. The molecule has 2 aromatic rings. The van der Waals surface area contributed by atoms with Gasteiger partial charge in [-0.3, -0.25) is 4.79 Å². The highest BCUT2D eigenvalue weighted by Crippen LogP contribution is 2.17. The molecule has 0 radical (unpaired) electrons. The molecule has 98 valence electrons. The Bertz CT molecular complexity index is 555. The largest absolute Gasteiger partial charge is 0.468 e. The second-order valence-corrected chi connectivity index (χ2v) is 3.74. The highest BCUT2D eigenvalue weighted by molar-refractivity contribution is 5.74. The SMILES string of the molecule is COC(=O)CNc1ccc(-c2ccc(F)cc2)nn1. The summed E-state index contributed by atoms with van der Waals surface area (Å²) in [5.41, 5.74) is 1.40. The molecule has 0 amide bonds. The molecule has 0 fully saturated rings. The number of ether oxygens (including phenoxy) is 1. The van der Waals surface area contributed by atoms with Crippen LogP contribution in [0.2, 0.25) is 0 Å². The Labute approximate surface area is 109 Å². The van der Waals surface area contributed by atoms with Crippen LogP contribution in [0, 0.1) is 5.82 Å². The van der Waals surface area contributed by atoms with Gasteiger partial charge in [0.15, 0.2) is 0 Å². The predicted molar refractivity (Wildman–Crippen MR) is 67.9 cm³/mol. The topological polar surface area (TPSA) is 64.1 Å². The molecule has 0 spiro atoms. The molecule has 0 aliphatic carbocycles. The molecule has 0 saturated heterocycles. The zero-order valence-corrected chi connectivity index (χ0v) is 10.3. The number of hydrogen-bond acceptors (Lipinski definition) is 5. The maximum atomic E-state index is 12.8. The number of methoxy groups -OCH3 is 1. The Kier molecular flexibility index (Phi) is 4.02. The highest BCUT2D eigenvalue weighted by atomic mass is 19.1. The van der Waals surface area contributed by atoms with Crippen LogP contribution in [0.25, 0.3) is 11.3 Å². The van der Waals surface area contributed by atoms with Crippen molar-refractivity contribution in [3.8, 4) is 11.3 Å². The first kappa shape index (κ1) is 12.9. The second-order valence-electron chi connectivity index (χ2n) is 3.74. The first-order valence-electron chi connectivity index (χ1n) is 5.59. The van der Waals surface area contributed by atoms with Crippen LogP contribution in [0.15, 0.2) is 36.4 Å². The van der Waals surface area contributed by atoms with E-state index in [1.807, 2.05) is 0 Å². The molecule has 2 rings (SSSR count). The Morgan fingerprint density at radius 3 is 2.53 bits per heavy atom. The summed E-state index contributed by atoms with van der Waals surface area (Å²) in [5, 5.41) is 10.7. The summed E-state index contributed by atoms with van der Waals surface area (Å²) in [5.74, 6) is -0.214. The van der Waals surface area contributed by atoms with Crippen LogP contribution < -0.4 is 5.32 Å². The number of halogens is 1. The van der Waals surface area contributed by atoms with Crippen LogP contribution in [0.5, 0.6) is 0 Å². The normalized spacial score (nSPS) is 10.0. The van der Waals surface area contributed by atoms with Gasteiger partial charge in [-0.25, -0.2) is 4.39 Å². The van der Waals surface area contributed by atoms with E-state index in [0.29, 0.717) is 11.5 Å². The van der Waals surface area contributed by atoms with Gasteiger partial charge in [0, 0.05) is 5.56 Å². The molecule has 1 aromatic heterocycles. The number of nitrogens with one attached hydrogen (secondary N) is 1. The Morgan fingerprint density at radius 1 is 1.21 bits per heavy atom. The van der Waals surface area contributed by atoms with Gasteiger partial charge in [0.1, 0.15) is 18.2 Å². The third-order valence-corrected chi connectivity index (χ3v) is 2.45. The van der Waals surface area contributed by atoms with E-state index in [1.54, 1.807) is 24.3 Å². The molecule has 6 heteroatoms. The molecule has 0 aliphatic heterocycles. The molecule has 5 nitrogen and oxygen atoms in total. The number of carbonyl (C=O) groups is 1. The zero-order valence-electron chi connectivity index (χ0n) is 10.3. The van der Waals surface area contributed by atoms with Gasteiger partial charge >= 0.3 is 5.97 Å². The van der Waals surface area contributed by atoms with Gasteiger partial charge in [-0.05, 0) is 36.4 Å². The van der Waals surface area contributed by atoms with Crippen molar-refractivity contribution in [2.75, 3.05) is 19.0 Å². The van der Waals surface area contributed by atoms with E-state index >= 15 is 0 Å². The highest BCUT2D eigenvalue weighted by Gasteiger charge is 2.03. The maximum Gasteiger partial charge on any atom is 0.325 e. The van der Waals surface area contributed by atoms with Gasteiger partial charge in [-0.1, -0.05) is 0 Å². The van der Waals surface area contributed by atoms with E-state index in [9.17, 15) is 9.18 Å². The minimum absolute atomic E-state index is 0.0288. The molecule has 1 aromatic carbocycles. The number of rotatable bonds is 4. The zero-order chi connectivity index (χ0) is 13.7. The lowest BCUT2D eigenvalue weighted by molar-refractivity contribution is -0.138. The van der Waals surface area contributed by atoms with Gasteiger partial charge in [0.05, 0.1) is 12.8 Å². The molecule has 0 saturated carbocycles. The Hall–Kier alpha value is -2.50. The third-order valence-electron chi connectivity index (χ3n) is 2.45. The van der Waals surface area contributed by atoms with E-state index in [1.165, 1.54) is 19.2 Å². The second kappa shape index (κ2) is 5.90. The monoisotopic (exact) mass is 261 g/mol. The average Bonchev–Trinajstić information content (AvgIpc) is 2.46. The number of esters is 1. The average molecular weight is 261 g/mol. The number of anilines is 1. The molecule has 0 aliphatic rings. The Morgan fingerprint density at radius 2 is 1.95 bits per heavy atom. The van der Waals surface area contributed by atoms with Gasteiger partial charge in [-0.2, -0.15) is 0 Å². The first-order valence-corrected chi connectivity index (χ1v) is 5.59. The van der Waals surface area contributed by atoms with Gasteiger partial charge in [0.2, 0.25) is 0 Å².